The first kappa shape index (κ1) is 88.8. The summed E-state index contributed by atoms with van der Waals surface area (Å²) in [5, 5.41) is 19.5. The number of likely N-dealkylation sites (tertiary alicyclic amines) is 1. The molecule has 1 aromatic heterocycles. The molecule has 102 heavy (non-hydrogen) atoms. The third kappa shape index (κ3) is 30.9. The number of ether oxygens (including phenoxy) is 7. The Labute approximate surface area is 607 Å². The van der Waals surface area contributed by atoms with Crippen LogP contribution in [0.15, 0.2) is 78.2 Å². The largest absolute Gasteiger partial charge is 0.484 e. The molecule has 574 valence electrons. The lowest BCUT2D eigenvalue weighted by molar-refractivity contribution is -0.149. The fourth-order valence-corrected chi connectivity index (χ4v) is 12.6. The first-order valence-corrected chi connectivity index (χ1v) is 36.2. The van der Waals surface area contributed by atoms with E-state index >= 15 is 0 Å². The summed E-state index contributed by atoms with van der Waals surface area (Å²) >= 11 is 1.47. The zero-order valence-electron chi connectivity index (χ0n) is 62.5. The number of nitrogens with one attached hydrogen (secondary N) is 6. The summed E-state index contributed by atoms with van der Waals surface area (Å²) in [4.78, 5) is 138. The molecule has 0 spiro atoms. The molecule has 0 radical (unpaired) electrons. The summed E-state index contributed by atoms with van der Waals surface area (Å²) in [6.07, 6.45) is 7.43. The van der Waals surface area contributed by atoms with Crippen LogP contribution in [0.5, 0.6) is 0 Å². The van der Waals surface area contributed by atoms with Crippen molar-refractivity contribution in [2.45, 2.75) is 175 Å². The van der Waals surface area contributed by atoms with E-state index in [1.54, 1.807) is 70.8 Å². The average molecular weight is 1460 g/mol. The molecule has 1 saturated heterocycles. The molecule has 3 rings (SSSR count). The van der Waals surface area contributed by atoms with Crippen LogP contribution in [0.25, 0.3) is 0 Å². The number of nitrogens with two attached hydrogens (primary N) is 2. The van der Waals surface area contributed by atoms with E-state index in [2.05, 4.69) is 48.3 Å². The van der Waals surface area contributed by atoms with Crippen molar-refractivity contribution >= 4 is 64.6 Å². The number of likely N-dealkylation sites (N-methyl/N-ethyl adjacent to an activating group) is 2. The number of amides is 10. The normalized spacial score (nSPS) is 16.2. The first-order chi connectivity index (χ1) is 48.6. The third-order valence-electron chi connectivity index (χ3n) is 17.7. The van der Waals surface area contributed by atoms with Gasteiger partial charge >= 0.3 is 6.03 Å². The highest BCUT2D eigenvalue weighted by molar-refractivity contribution is 7.09. The summed E-state index contributed by atoms with van der Waals surface area (Å²) in [5.74, 6) is -0.606. The van der Waals surface area contributed by atoms with Crippen molar-refractivity contribution in [3.8, 4) is 0 Å². The topological polar surface area (TPSA) is 374 Å². The quantitative estimate of drug-likeness (QED) is 0.0194. The van der Waals surface area contributed by atoms with Gasteiger partial charge in [-0.15, -0.1) is 11.3 Å². The van der Waals surface area contributed by atoms with Gasteiger partial charge in [0, 0.05) is 65.1 Å². The summed E-state index contributed by atoms with van der Waals surface area (Å²) in [6, 6.07) is 3.42. The van der Waals surface area contributed by atoms with Crippen LogP contribution in [-0.4, -0.2) is 229 Å². The average Bonchev–Trinajstić information content (AvgIpc) is 1.35. The SMILES string of the molecule is C=C(/C=C\C(=C/C)OCC(=O)N(C)[C@H](C(=O)N[C@H](C(=O)N(C)[C@@H]([C@@H](C)CC)[C@@H](CC(=O)N1CCC[C@H]1[C@H](OC)[C@@H](C)C(=O)N[C@@H](Cc1ccccc1)c1nccs1)OC)C(C)C)C(C)C)NC(=O)[C@H](CCCNC(N)=O)NC(=O)[C@@H](NC(=O)CCOCCOCCOCCOCCON)C(C)C. The second kappa shape index (κ2) is 48.5. The molecule has 0 aliphatic carbocycles. The number of benzene rings is 1. The van der Waals surface area contributed by atoms with Crippen molar-refractivity contribution in [3.63, 3.8) is 0 Å². The van der Waals surface area contributed by atoms with Gasteiger partial charge in [0.1, 0.15) is 34.9 Å². The molecule has 2 aromatic rings. The first-order valence-electron chi connectivity index (χ1n) is 35.3. The molecule has 0 unspecified atom stereocenters. The fourth-order valence-electron chi connectivity index (χ4n) is 11.9. The van der Waals surface area contributed by atoms with Gasteiger partial charge < -0.3 is 90.3 Å². The number of allylic oxidation sites excluding steroid dienone is 3. The fraction of sp³-hybridized carbons (Fsp3) is 0.667. The van der Waals surface area contributed by atoms with Crippen LogP contribution in [0, 0.1) is 29.6 Å². The van der Waals surface area contributed by atoms with Crippen molar-refractivity contribution in [2.24, 2.45) is 41.2 Å². The molecule has 10 amide bonds. The van der Waals surface area contributed by atoms with E-state index in [4.69, 9.17) is 44.8 Å². The van der Waals surface area contributed by atoms with Crippen LogP contribution >= 0.6 is 11.3 Å². The van der Waals surface area contributed by atoms with Gasteiger partial charge in [-0.1, -0.05) is 106 Å². The number of thiazole rings is 1. The van der Waals surface area contributed by atoms with Gasteiger partial charge in [-0.2, -0.15) is 0 Å². The minimum atomic E-state index is -1.16. The molecular formula is C72H118N12O17S. The highest BCUT2D eigenvalue weighted by Crippen LogP contribution is 2.31. The van der Waals surface area contributed by atoms with Crippen LogP contribution in [0.2, 0.25) is 0 Å². The highest BCUT2D eigenvalue weighted by atomic mass is 32.1. The molecule has 1 aromatic carbocycles. The molecule has 1 aliphatic rings. The van der Waals surface area contributed by atoms with E-state index in [1.165, 1.54) is 42.5 Å². The molecular weight excluding hydrogens is 1340 g/mol. The lowest BCUT2D eigenvalue weighted by Gasteiger charge is -2.41. The van der Waals surface area contributed by atoms with Crippen LogP contribution < -0.4 is 43.5 Å². The Morgan fingerprint density at radius 3 is 1.93 bits per heavy atom. The molecule has 0 bridgehead atoms. The van der Waals surface area contributed by atoms with E-state index in [0.29, 0.717) is 71.9 Å². The molecule has 2 heterocycles. The monoisotopic (exact) mass is 1450 g/mol. The van der Waals surface area contributed by atoms with Crippen molar-refractivity contribution in [1.29, 1.82) is 0 Å². The Balaban J connectivity index is 1.64. The number of carbonyl (C=O) groups excluding carboxylic acids is 9. The van der Waals surface area contributed by atoms with Gasteiger partial charge in [0.2, 0.25) is 41.4 Å². The number of methoxy groups -OCH3 is 2. The maximum Gasteiger partial charge on any atom is 0.312 e. The van der Waals surface area contributed by atoms with Crippen LogP contribution in [0.1, 0.15) is 131 Å². The summed E-state index contributed by atoms with van der Waals surface area (Å²) in [7, 11) is 6.20. The molecule has 29 nitrogen and oxygen atoms in total. The van der Waals surface area contributed by atoms with Gasteiger partial charge in [0.15, 0.2) is 6.61 Å². The number of carbonyl (C=O) groups is 9. The number of hydrogen-bond donors (Lipinski definition) is 8. The lowest BCUT2D eigenvalue weighted by Crippen LogP contribution is -2.60. The third-order valence-corrected chi connectivity index (χ3v) is 18.6. The zero-order chi connectivity index (χ0) is 75.8. The number of urea groups is 1. The Bertz CT molecular complexity index is 2940. The van der Waals surface area contributed by atoms with E-state index in [1.807, 2.05) is 70.3 Å². The van der Waals surface area contributed by atoms with E-state index in [9.17, 15) is 43.2 Å². The second-order valence-corrected chi connectivity index (χ2v) is 27.2. The predicted molar refractivity (Wildman–Crippen MR) is 387 cm³/mol. The minimum absolute atomic E-state index is 0.0504. The van der Waals surface area contributed by atoms with Crippen LogP contribution in [0.4, 0.5) is 4.79 Å². The van der Waals surface area contributed by atoms with Gasteiger partial charge in [0.05, 0.1) is 102 Å². The van der Waals surface area contributed by atoms with Gasteiger partial charge in [0.25, 0.3) is 5.91 Å². The summed E-state index contributed by atoms with van der Waals surface area (Å²) in [6.45, 7) is 24.8. The van der Waals surface area contributed by atoms with Crippen molar-refractivity contribution in [1.82, 2.24) is 51.6 Å². The Hall–Kier alpha value is -7.42. The Morgan fingerprint density at radius 1 is 0.755 bits per heavy atom. The summed E-state index contributed by atoms with van der Waals surface area (Å²) in [5.41, 5.74) is 6.39. The smallest absolute Gasteiger partial charge is 0.312 e. The molecule has 10 N–H and O–H groups in total. The van der Waals surface area contributed by atoms with Gasteiger partial charge in [-0.3, -0.25) is 38.4 Å². The molecule has 1 fully saturated rings. The van der Waals surface area contributed by atoms with E-state index in [0.717, 1.165) is 10.6 Å². The second-order valence-electron chi connectivity index (χ2n) is 26.3. The Kier molecular flexibility index (Phi) is 42.2. The molecule has 0 saturated carbocycles. The van der Waals surface area contributed by atoms with E-state index in [-0.39, 0.29) is 87.3 Å². The lowest BCUT2D eigenvalue weighted by atomic mass is 9.89. The number of aromatic nitrogens is 1. The van der Waals surface area contributed by atoms with Crippen LogP contribution in [-0.2, 0) is 82.8 Å². The number of nitrogens with zero attached hydrogens (tertiary/aromatic N) is 4. The number of rotatable bonds is 51. The number of hydrogen-bond acceptors (Lipinski definition) is 20. The summed E-state index contributed by atoms with van der Waals surface area (Å²) < 4.78 is 39.8. The molecule has 30 heteroatoms. The zero-order valence-corrected chi connectivity index (χ0v) is 63.3. The van der Waals surface area contributed by atoms with Crippen molar-refractivity contribution < 1.29 is 81.1 Å². The maximum absolute atomic E-state index is 14.9. The molecule has 11 atom stereocenters. The van der Waals surface area contributed by atoms with E-state index < -0.39 is 120 Å². The predicted octanol–water partition coefficient (Wildman–Crippen LogP) is 4.61. The highest BCUT2D eigenvalue weighted by Gasteiger charge is 2.44. The van der Waals surface area contributed by atoms with Crippen molar-refractivity contribution in [2.75, 3.05) is 107 Å². The maximum atomic E-state index is 14.9. The van der Waals surface area contributed by atoms with Crippen LogP contribution in [0.3, 0.4) is 0 Å². The number of primary amides is 1. The van der Waals surface area contributed by atoms with Gasteiger partial charge in [-0.05, 0) is 86.5 Å². The minimum Gasteiger partial charge on any atom is -0.484 e. The molecule has 1 aliphatic heterocycles. The van der Waals surface area contributed by atoms with Gasteiger partial charge in [-0.25, -0.2) is 15.7 Å². The Morgan fingerprint density at radius 2 is 1.38 bits per heavy atom. The van der Waals surface area contributed by atoms with Crippen molar-refractivity contribution in [3.05, 3.63) is 88.7 Å². The standard InChI is InChI=1S/C72H118N12O17S/c1-16-49(9)64(57(94-14)44-59(86)84-32-22-26-56(84)65(95-15)51(11)66(88)79-55(70-75-31-42-102-70)43-52-23-19-18-20-24-52)83(13)71(92)62(47(5)6)81-69(91)63(48(7)8)82(12)60(87)45-100-53(17-2)28-27-50(10)77-67(89)54(25-21-30-76-72(73)93)78-68(90)61(46(3)4)80-58(85)29-33-96-34-35-97-36-37-98-38-39-99-40-41-101-74/h17-20,23-24,27-28,31,42,46-49,51,54-57,61-65H,10,16,21-22,25-26,29-30,32-41,43-45,74H2,1-9,11-15H3,(H,77,89)(H,78,90)(H,79,88)(H,80,85)(H,81,91)(H3,73,76,93)/b28-27-,53-17+/t49-,51+,54-,55-,56-,57+,61-,62-,63-,64-,65+/m0/s1.